The molecule has 1 heterocycles. The van der Waals surface area contributed by atoms with E-state index in [0.717, 1.165) is 16.1 Å². The van der Waals surface area contributed by atoms with Crippen molar-refractivity contribution >= 4 is 23.4 Å². The lowest BCUT2D eigenvalue weighted by atomic mass is 10.2. The fourth-order valence-corrected chi connectivity index (χ4v) is 2.26. The fourth-order valence-electron chi connectivity index (χ4n) is 1.80. The minimum atomic E-state index is -0.426. The predicted octanol–water partition coefficient (Wildman–Crippen LogP) is 2.94. The lowest BCUT2D eigenvalue weighted by molar-refractivity contribution is -0.117. The molecule has 0 aliphatic heterocycles. The van der Waals surface area contributed by atoms with Gasteiger partial charge in [0, 0.05) is 35.7 Å². The molecule has 2 N–H and O–H groups in total. The summed E-state index contributed by atoms with van der Waals surface area (Å²) in [6.45, 7) is 0.327. The third kappa shape index (κ3) is 5.16. The molecule has 2 aromatic rings. The van der Waals surface area contributed by atoms with Crippen molar-refractivity contribution in [1.29, 1.82) is 5.26 Å². The summed E-state index contributed by atoms with van der Waals surface area (Å²) in [5.74, 6) is -0.426. The summed E-state index contributed by atoms with van der Waals surface area (Å²) >= 11 is 1.62. The molecule has 0 fully saturated rings. The van der Waals surface area contributed by atoms with Crippen LogP contribution in [0.15, 0.2) is 65.5 Å². The molecule has 0 saturated heterocycles. The van der Waals surface area contributed by atoms with E-state index in [1.54, 1.807) is 30.2 Å². The van der Waals surface area contributed by atoms with Gasteiger partial charge in [-0.15, -0.1) is 11.8 Å². The zero-order valence-corrected chi connectivity index (χ0v) is 13.4. The number of hydrogen-bond donors (Lipinski definition) is 2. The summed E-state index contributed by atoms with van der Waals surface area (Å²) in [7, 11) is 0. The van der Waals surface area contributed by atoms with E-state index in [1.165, 1.54) is 6.20 Å². The van der Waals surface area contributed by atoms with Crippen LogP contribution >= 0.6 is 11.8 Å². The number of nitrogens with one attached hydrogen (secondary N) is 2. The highest BCUT2D eigenvalue weighted by Gasteiger charge is 2.08. The van der Waals surface area contributed by atoms with Gasteiger partial charge < -0.3 is 10.6 Å². The van der Waals surface area contributed by atoms with Crippen LogP contribution in [0.25, 0.3) is 0 Å². The lowest BCUT2D eigenvalue weighted by Crippen LogP contribution is -2.24. The topological polar surface area (TPSA) is 77.8 Å². The Balaban J connectivity index is 1.97. The largest absolute Gasteiger partial charge is 0.360 e. The molecule has 1 amide bonds. The third-order valence-corrected chi connectivity index (χ3v) is 3.72. The van der Waals surface area contributed by atoms with E-state index in [-0.39, 0.29) is 5.57 Å². The SMILES string of the molecule is CSc1cccc(N/C=C(/C#N)C(=O)NCc2cccnc2)c1. The first-order valence-electron chi connectivity index (χ1n) is 6.91. The molecule has 5 nitrogen and oxygen atoms in total. The highest BCUT2D eigenvalue weighted by atomic mass is 32.2. The molecule has 6 heteroatoms. The van der Waals surface area contributed by atoms with Crippen LogP contribution in [0, 0.1) is 11.3 Å². The summed E-state index contributed by atoms with van der Waals surface area (Å²) in [6.07, 6.45) is 6.74. The number of anilines is 1. The molecule has 0 bridgehead atoms. The van der Waals surface area contributed by atoms with E-state index >= 15 is 0 Å². The molecule has 0 atom stereocenters. The van der Waals surface area contributed by atoms with E-state index in [4.69, 9.17) is 5.26 Å². The molecule has 0 radical (unpaired) electrons. The molecule has 1 aromatic carbocycles. The van der Waals surface area contributed by atoms with Crippen molar-refractivity contribution in [1.82, 2.24) is 10.3 Å². The van der Waals surface area contributed by atoms with Crippen LogP contribution in [-0.2, 0) is 11.3 Å². The predicted molar refractivity (Wildman–Crippen MR) is 91.6 cm³/mol. The Morgan fingerprint density at radius 3 is 2.96 bits per heavy atom. The van der Waals surface area contributed by atoms with Crippen molar-refractivity contribution in [3.05, 3.63) is 66.1 Å². The normalized spacial score (nSPS) is 10.7. The zero-order valence-electron chi connectivity index (χ0n) is 12.6. The van der Waals surface area contributed by atoms with E-state index < -0.39 is 5.91 Å². The Kier molecular flexibility index (Phi) is 6.21. The Morgan fingerprint density at radius 1 is 1.39 bits per heavy atom. The Morgan fingerprint density at radius 2 is 2.26 bits per heavy atom. The van der Waals surface area contributed by atoms with Gasteiger partial charge in [-0.05, 0) is 36.1 Å². The van der Waals surface area contributed by atoms with Crippen molar-refractivity contribution in [2.75, 3.05) is 11.6 Å². The Hall–Kier alpha value is -2.78. The molecular formula is C17H16N4OS. The molecule has 0 aliphatic carbocycles. The zero-order chi connectivity index (χ0) is 16.5. The Bertz CT molecular complexity index is 738. The number of thioether (sulfide) groups is 1. The number of carbonyl (C=O) groups excluding carboxylic acids is 1. The number of benzene rings is 1. The van der Waals surface area contributed by atoms with Gasteiger partial charge in [0.15, 0.2) is 0 Å². The minimum Gasteiger partial charge on any atom is -0.360 e. The number of hydrogen-bond acceptors (Lipinski definition) is 5. The lowest BCUT2D eigenvalue weighted by Gasteiger charge is -2.06. The van der Waals surface area contributed by atoms with Gasteiger partial charge in [0.1, 0.15) is 11.6 Å². The van der Waals surface area contributed by atoms with E-state index in [0.29, 0.717) is 6.54 Å². The third-order valence-electron chi connectivity index (χ3n) is 2.99. The number of rotatable bonds is 6. The first-order chi connectivity index (χ1) is 11.2. The average Bonchev–Trinajstić information content (AvgIpc) is 2.61. The molecule has 2 rings (SSSR count). The number of nitriles is 1. The van der Waals surface area contributed by atoms with Gasteiger partial charge in [0.25, 0.3) is 5.91 Å². The summed E-state index contributed by atoms with van der Waals surface area (Å²) in [5.41, 5.74) is 1.71. The van der Waals surface area contributed by atoms with Crippen LogP contribution < -0.4 is 10.6 Å². The minimum absolute atomic E-state index is 0.0171. The summed E-state index contributed by atoms with van der Waals surface area (Å²) in [4.78, 5) is 17.1. The maximum atomic E-state index is 12.0. The average molecular weight is 324 g/mol. The Labute approximate surface area is 139 Å². The molecule has 0 unspecified atom stereocenters. The highest BCUT2D eigenvalue weighted by molar-refractivity contribution is 7.98. The van der Waals surface area contributed by atoms with Gasteiger partial charge in [-0.25, -0.2) is 0 Å². The summed E-state index contributed by atoms with van der Waals surface area (Å²) in [6, 6.07) is 13.3. The van der Waals surface area contributed by atoms with E-state index in [9.17, 15) is 4.79 Å². The van der Waals surface area contributed by atoms with Crippen molar-refractivity contribution in [3.63, 3.8) is 0 Å². The van der Waals surface area contributed by atoms with Gasteiger partial charge in [-0.3, -0.25) is 9.78 Å². The second-order valence-corrected chi connectivity index (χ2v) is 5.47. The first kappa shape index (κ1) is 16.6. The monoisotopic (exact) mass is 324 g/mol. The van der Waals surface area contributed by atoms with Crippen molar-refractivity contribution in [2.45, 2.75) is 11.4 Å². The molecule has 23 heavy (non-hydrogen) atoms. The van der Waals surface area contributed by atoms with Crippen LogP contribution in [-0.4, -0.2) is 17.1 Å². The van der Waals surface area contributed by atoms with E-state index in [1.807, 2.05) is 42.7 Å². The van der Waals surface area contributed by atoms with Gasteiger partial charge in [0.2, 0.25) is 0 Å². The maximum Gasteiger partial charge on any atom is 0.263 e. The maximum absolute atomic E-state index is 12.0. The standard InChI is InChI=1S/C17H16N4OS/c1-23-16-6-2-5-15(8-16)20-12-14(9-18)17(22)21-11-13-4-3-7-19-10-13/h2-8,10,12,20H,11H2,1H3,(H,21,22)/b14-12-. The quantitative estimate of drug-likeness (QED) is 0.485. The number of carbonyl (C=O) groups is 1. The summed E-state index contributed by atoms with van der Waals surface area (Å²) < 4.78 is 0. The summed E-state index contributed by atoms with van der Waals surface area (Å²) in [5, 5.41) is 14.8. The number of aromatic nitrogens is 1. The van der Waals surface area contributed by atoms with Crippen molar-refractivity contribution in [2.24, 2.45) is 0 Å². The van der Waals surface area contributed by atoms with Crippen LogP contribution in [0.1, 0.15) is 5.56 Å². The van der Waals surface area contributed by atoms with Gasteiger partial charge in [-0.1, -0.05) is 12.1 Å². The molecule has 0 spiro atoms. The van der Waals surface area contributed by atoms with Crippen molar-refractivity contribution < 1.29 is 4.79 Å². The second kappa shape index (κ2) is 8.61. The number of amides is 1. The highest BCUT2D eigenvalue weighted by Crippen LogP contribution is 2.19. The van der Waals surface area contributed by atoms with Crippen LogP contribution in [0.2, 0.25) is 0 Å². The first-order valence-corrected chi connectivity index (χ1v) is 8.13. The molecule has 0 aliphatic rings. The van der Waals surface area contributed by atoms with Gasteiger partial charge in [0.05, 0.1) is 0 Å². The van der Waals surface area contributed by atoms with Gasteiger partial charge in [-0.2, -0.15) is 5.26 Å². The number of pyridine rings is 1. The second-order valence-electron chi connectivity index (χ2n) is 4.59. The smallest absolute Gasteiger partial charge is 0.263 e. The van der Waals surface area contributed by atoms with Crippen LogP contribution in [0.4, 0.5) is 5.69 Å². The van der Waals surface area contributed by atoms with Crippen LogP contribution in [0.3, 0.4) is 0 Å². The fraction of sp³-hybridized carbons (Fsp3) is 0.118. The molecule has 116 valence electrons. The van der Waals surface area contributed by atoms with Crippen molar-refractivity contribution in [3.8, 4) is 6.07 Å². The van der Waals surface area contributed by atoms with Gasteiger partial charge >= 0.3 is 0 Å². The van der Waals surface area contributed by atoms with Crippen LogP contribution in [0.5, 0.6) is 0 Å². The molecule has 0 saturated carbocycles. The number of nitrogens with zero attached hydrogens (tertiary/aromatic N) is 2. The molecule has 1 aromatic heterocycles. The van der Waals surface area contributed by atoms with E-state index in [2.05, 4.69) is 15.6 Å². The molecular weight excluding hydrogens is 308 g/mol.